The number of hydrogen-bond acceptors (Lipinski definition) is 9. The quantitative estimate of drug-likeness (QED) is 0.303. The van der Waals surface area contributed by atoms with Crippen molar-refractivity contribution in [3.8, 4) is 5.75 Å². The van der Waals surface area contributed by atoms with Gasteiger partial charge in [0.25, 0.3) is 5.91 Å². The molecule has 10 nitrogen and oxygen atoms in total. The number of fused-ring (bicyclic) bond motifs is 3. The average Bonchev–Trinajstić information content (AvgIpc) is 2.86. The van der Waals surface area contributed by atoms with E-state index in [9.17, 15) is 34.8 Å². The molecular formula is C30H41N3O7. The van der Waals surface area contributed by atoms with E-state index in [0.29, 0.717) is 23.5 Å². The molecule has 5 atom stereocenters. The summed E-state index contributed by atoms with van der Waals surface area (Å²) in [5, 5.41) is 45.7. The number of nitrogens with two attached hydrogens (primary N) is 1. The normalized spacial score (nSPS) is 26.9. The summed E-state index contributed by atoms with van der Waals surface area (Å²) in [4.78, 5) is 42.8. The van der Waals surface area contributed by atoms with E-state index in [1.54, 1.807) is 14.1 Å². The number of carbonyl (C=O) groups is 3. The minimum atomic E-state index is -2.64. The fourth-order valence-corrected chi connectivity index (χ4v) is 6.78. The second kappa shape index (κ2) is 10.6. The van der Waals surface area contributed by atoms with Gasteiger partial charge >= 0.3 is 0 Å². The maximum atomic E-state index is 14.0. The molecule has 3 aliphatic rings. The highest BCUT2D eigenvalue weighted by atomic mass is 16.3. The first kappa shape index (κ1) is 29.6. The first-order valence-corrected chi connectivity index (χ1v) is 13.9. The summed E-state index contributed by atoms with van der Waals surface area (Å²) in [5.41, 5.74) is 4.05. The number of carbonyl (C=O) groups excluding carboxylic acids is 3. The number of aryl methyl sites for hydroxylation is 1. The third-order valence-corrected chi connectivity index (χ3v) is 9.10. The number of Topliss-reactive ketones (excluding diaryl/α,β-unsaturated/α-hetero) is 2. The van der Waals surface area contributed by atoms with E-state index < -0.39 is 58.0 Å². The van der Waals surface area contributed by atoms with Crippen molar-refractivity contribution in [1.82, 2.24) is 4.90 Å². The standard InChI is InChI=1S/C30H41N3O7/c1-7-14(2)9-8-10-15-13-19(32(3)4)17-11-16-12-18-23(33(5)6)26(36)22(29(31)39)28(38)30(18,40)27(37)20(16)25(35)21(17)24(15)34/h13-14,16,18,23,34-35,38,40H,7-12H2,1-6H3,(H2,31,39)/t14?,16-,18-,23-,30-/m1/s1. The van der Waals surface area contributed by atoms with Crippen LogP contribution in [0.4, 0.5) is 5.69 Å². The highest BCUT2D eigenvalue weighted by molar-refractivity contribution is 6.24. The average molecular weight is 556 g/mol. The van der Waals surface area contributed by atoms with Gasteiger partial charge in [0.15, 0.2) is 11.4 Å². The third-order valence-electron chi connectivity index (χ3n) is 9.10. The summed E-state index contributed by atoms with van der Waals surface area (Å²) in [6, 6.07) is 0.817. The highest BCUT2D eigenvalue weighted by Gasteiger charge is 2.64. The molecule has 1 aromatic rings. The van der Waals surface area contributed by atoms with E-state index in [2.05, 4.69) is 13.8 Å². The maximum absolute atomic E-state index is 14.0. The summed E-state index contributed by atoms with van der Waals surface area (Å²) < 4.78 is 0. The van der Waals surface area contributed by atoms with Crippen LogP contribution in [0.2, 0.25) is 0 Å². The number of primary amides is 1. The molecule has 6 N–H and O–H groups in total. The fraction of sp³-hybridized carbons (Fsp3) is 0.567. The molecule has 4 rings (SSSR count). The number of phenols is 1. The number of anilines is 1. The van der Waals surface area contributed by atoms with Crippen molar-refractivity contribution in [1.29, 1.82) is 0 Å². The van der Waals surface area contributed by atoms with Crippen LogP contribution in [-0.4, -0.2) is 82.6 Å². The number of nitrogens with zero attached hydrogens (tertiary/aromatic N) is 2. The van der Waals surface area contributed by atoms with Crippen LogP contribution in [0.15, 0.2) is 23.0 Å². The van der Waals surface area contributed by atoms with Crippen molar-refractivity contribution in [3.63, 3.8) is 0 Å². The smallest absolute Gasteiger partial charge is 0.255 e. The summed E-state index contributed by atoms with van der Waals surface area (Å²) in [6.07, 6.45) is 3.78. The van der Waals surface area contributed by atoms with Crippen molar-refractivity contribution >= 4 is 28.9 Å². The number of likely N-dealkylation sites (N-methyl/N-ethyl adjacent to an activating group) is 1. The number of rotatable bonds is 8. The van der Waals surface area contributed by atoms with Gasteiger partial charge in [-0.25, -0.2) is 0 Å². The zero-order valence-electron chi connectivity index (χ0n) is 24.1. The molecule has 3 aliphatic carbocycles. The van der Waals surface area contributed by atoms with Crippen LogP contribution >= 0.6 is 0 Å². The molecule has 1 unspecified atom stereocenters. The van der Waals surface area contributed by atoms with Crippen LogP contribution < -0.4 is 10.6 Å². The van der Waals surface area contributed by atoms with E-state index in [4.69, 9.17) is 5.73 Å². The van der Waals surface area contributed by atoms with Crippen LogP contribution in [0.5, 0.6) is 5.75 Å². The van der Waals surface area contributed by atoms with Crippen molar-refractivity contribution < 1.29 is 34.8 Å². The molecular weight excluding hydrogens is 514 g/mol. The molecule has 1 fully saturated rings. The van der Waals surface area contributed by atoms with Crippen LogP contribution in [-0.2, 0) is 27.2 Å². The van der Waals surface area contributed by atoms with Gasteiger partial charge in [-0.3, -0.25) is 19.3 Å². The Morgan fingerprint density at radius 3 is 2.38 bits per heavy atom. The monoisotopic (exact) mass is 555 g/mol. The molecule has 0 radical (unpaired) electrons. The van der Waals surface area contributed by atoms with Crippen molar-refractivity contribution in [2.75, 3.05) is 33.1 Å². The lowest BCUT2D eigenvalue weighted by molar-refractivity contribution is -0.153. The molecule has 1 saturated carbocycles. The van der Waals surface area contributed by atoms with Gasteiger partial charge in [-0.1, -0.05) is 26.7 Å². The van der Waals surface area contributed by atoms with E-state index in [1.165, 1.54) is 4.90 Å². The molecule has 0 aromatic heterocycles. The largest absolute Gasteiger partial charge is 0.508 e. The molecule has 1 amide bonds. The molecule has 0 aliphatic heterocycles. The molecule has 0 spiro atoms. The minimum absolute atomic E-state index is 0.0655. The Bertz CT molecular complexity index is 1330. The summed E-state index contributed by atoms with van der Waals surface area (Å²) in [7, 11) is 6.90. The Balaban J connectivity index is 1.90. The predicted octanol–water partition coefficient (Wildman–Crippen LogP) is 2.40. The van der Waals surface area contributed by atoms with Crippen LogP contribution in [0.3, 0.4) is 0 Å². The summed E-state index contributed by atoms with van der Waals surface area (Å²) >= 11 is 0. The summed E-state index contributed by atoms with van der Waals surface area (Å²) in [5.74, 6) is -5.82. The lowest BCUT2D eigenvalue weighted by atomic mass is 9.57. The zero-order valence-corrected chi connectivity index (χ0v) is 24.1. The number of benzene rings is 1. The third kappa shape index (κ3) is 4.37. The highest BCUT2D eigenvalue weighted by Crippen LogP contribution is 2.54. The van der Waals surface area contributed by atoms with Gasteiger partial charge < -0.3 is 31.1 Å². The van der Waals surface area contributed by atoms with Gasteiger partial charge in [0.05, 0.1) is 11.6 Å². The zero-order chi connectivity index (χ0) is 29.8. The number of aliphatic hydroxyl groups is 3. The van der Waals surface area contributed by atoms with E-state index >= 15 is 0 Å². The van der Waals surface area contributed by atoms with Crippen LogP contribution in [0.25, 0.3) is 5.76 Å². The van der Waals surface area contributed by atoms with Crippen molar-refractivity contribution in [2.45, 2.75) is 64.0 Å². The van der Waals surface area contributed by atoms with Gasteiger partial charge in [0.2, 0.25) is 5.78 Å². The van der Waals surface area contributed by atoms with Gasteiger partial charge in [-0.2, -0.15) is 0 Å². The summed E-state index contributed by atoms with van der Waals surface area (Å²) in [6.45, 7) is 4.31. The van der Waals surface area contributed by atoms with E-state index in [0.717, 1.165) is 24.9 Å². The number of ketones is 2. The Hall–Kier alpha value is -3.37. The number of aliphatic hydroxyl groups excluding tert-OH is 2. The first-order valence-electron chi connectivity index (χ1n) is 13.9. The molecule has 0 bridgehead atoms. The molecule has 218 valence electrons. The lowest BCUT2D eigenvalue weighted by Gasteiger charge is -2.50. The molecule has 0 heterocycles. The topological polar surface area (TPSA) is 165 Å². The van der Waals surface area contributed by atoms with Crippen molar-refractivity contribution in [2.24, 2.45) is 23.5 Å². The minimum Gasteiger partial charge on any atom is -0.508 e. The van der Waals surface area contributed by atoms with Crippen LogP contribution in [0.1, 0.15) is 56.2 Å². The second-order valence-electron chi connectivity index (χ2n) is 12.0. The second-order valence-corrected chi connectivity index (χ2v) is 12.0. The van der Waals surface area contributed by atoms with Gasteiger partial charge in [-0.15, -0.1) is 0 Å². The Morgan fingerprint density at radius 1 is 1.18 bits per heavy atom. The van der Waals surface area contributed by atoms with Crippen molar-refractivity contribution in [3.05, 3.63) is 39.7 Å². The number of amides is 1. The molecule has 1 aromatic carbocycles. The van der Waals surface area contributed by atoms with Crippen LogP contribution in [0, 0.1) is 17.8 Å². The first-order chi connectivity index (χ1) is 18.7. The molecule has 10 heteroatoms. The number of phenolic OH excluding ortho intramolecular Hbond substituents is 1. The number of hydrogen-bond donors (Lipinski definition) is 5. The van der Waals surface area contributed by atoms with Gasteiger partial charge in [-0.05, 0) is 68.8 Å². The Kier molecular flexibility index (Phi) is 7.81. The van der Waals surface area contributed by atoms with E-state index in [-0.39, 0.29) is 29.7 Å². The van der Waals surface area contributed by atoms with Gasteiger partial charge in [0, 0.05) is 31.3 Å². The fourth-order valence-electron chi connectivity index (χ4n) is 6.78. The SMILES string of the molecule is CCC(C)CCCc1cc(N(C)C)c2c(c1O)C(O)=C1C(=O)[C@@]3(O)C(O)=C(C(N)=O)C(=O)[C@H](N(C)C)[C@H]3C[C@H]1C2. The number of aromatic hydroxyl groups is 1. The molecule has 0 saturated heterocycles. The Labute approximate surface area is 234 Å². The van der Waals surface area contributed by atoms with Gasteiger partial charge in [0.1, 0.15) is 22.8 Å². The van der Waals surface area contributed by atoms with E-state index in [1.807, 2.05) is 25.1 Å². The predicted molar refractivity (Wildman–Crippen MR) is 151 cm³/mol. The lowest BCUT2D eigenvalue weighted by Crippen LogP contribution is -2.65. The molecule has 40 heavy (non-hydrogen) atoms. The maximum Gasteiger partial charge on any atom is 0.255 e. The Morgan fingerprint density at radius 2 is 1.82 bits per heavy atom.